The highest BCUT2D eigenvalue weighted by Crippen LogP contribution is 2.42. The molecular weight excluding hydrogens is 376 g/mol. The fourth-order valence-corrected chi connectivity index (χ4v) is 4.80. The van der Waals surface area contributed by atoms with Gasteiger partial charge in [-0.05, 0) is 24.6 Å². The molecule has 2 amide bonds. The first-order valence-electron chi connectivity index (χ1n) is 9.63. The molecule has 0 atom stereocenters. The summed E-state index contributed by atoms with van der Waals surface area (Å²) in [4.78, 5) is 30.1. The highest BCUT2D eigenvalue weighted by Gasteiger charge is 2.50. The standard InChI is InChI=1S/C20H23ClN6O/c1-24-8-9-27(16-3-2-15(21)10-17(16)24)19(28)26-13-20(14-26)4-7-25(12-20)18-11-22-5-6-23-18/h2-3,5-6,10-11H,4,7-9,12-14H2,1H3. The van der Waals surface area contributed by atoms with Crippen LogP contribution < -0.4 is 14.7 Å². The average molecular weight is 399 g/mol. The van der Waals surface area contributed by atoms with Gasteiger partial charge in [-0.2, -0.15) is 0 Å². The van der Waals surface area contributed by atoms with Gasteiger partial charge in [-0.1, -0.05) is 11.6 Å². The van der Waals surface area contributed by atoms with Crippen LogP contribution in [0.5, 0.6) is 0 Å². The normalized spacial score (nSPS) is 20.4. The van der Waals surface area contributed by atoms with E-state index in [2.05, 4.69) is 19.8 Å². The smallest absolute Gasteiger partial charge is 0.324 e. The zero-order valence-corrected chi connectivity index (χ0v) is 16.6. The number of urea groups is 1. The first-order chi connectivity index (χ1) is 13.5. The third kappa shape index (κ3) is 2.85. The Morgan fingerprint density at radius 1 is 1.11 bits per heavy atom. The van der Waals surface area contributed by atoms with Crippen molar-refractivity contribution in [3.63, 3.8) is 0 Å². The van der Waals surface area contributed by atoms with Crippen molar-refractivity contribution in [2.45, 2.75) is 6.42 Å². The summed E-state index contributed by atoms with van der Waals surface area (Å²) < 4.78 is 0. The van der Waals surface area contributed by atoms with Gasteiger partial charge in [0.2, 0.25) is 0 Å². The Bertz CT molecular complexity index is 901. The molecule has 1 aromatic carbocycles. The Labute approximate surface area is 169 Å². The van der Waals surface area contributed by atoms with Crippen LogP contribution in [0, 0.1) is 5.41 Å². The summed E-state index contributed by atoms with van der Waals surface area (Å²) in [5, 5.41) is 0.692. The molecule has 1 aromatic heterocycles. The summed E-state index contributed by atoms with van der Waals surface area (Å²) in [6.45, 7) is 5.01. The number of rotatable bonds is 1. The van der Waals surface area contributed by atoms with Crippen molar-refractivity contribution < 1.29 is 4.79 Å². The predicted molar refractivity (Wildman–Crippen MR) is 110 cm³/mol. The summed E-state index contributed by atoms with van der Waals surface area (Å²) >= 11 is 6.16. The molecule has 0 aliphatic carbocycles. The monoisotopic (exact) mass is 398 g/mol. The molecule has 0 radical (unpaired) electrons. The molecule has 28 heavy (non-hydrogen) atoms. The molecule has 4 heterocycles. The highest BCUT2D eigenvalue weighted by atomic mass is 35.5. The summed E-state index contributed by atoms with van der Waals surface area (Å²) in [6, 6.07) is 5.84. The summed E-state index contributed by atoms with van der Waals surface area (Å²) in [5.74, 6) is 0.925. The first-order valence-corrected chi connectivity index (χ1v) is 10.0. The predicted octanol–water partition coefficient (Wildman–Crippen LogP) is 2.72. The minimum Gasteiger partial charge on any atom is -0.371 e. The van der Waals surface area contributed by atoms with Crippen LogP contribution in [-0.2, 0) is 0 Å². The van der Waals surface area contributed by atoms with Gasteiger partial charge in [-0.25, -0.2) is 9.78 Å². The number of benzene rings is 1. The summed E-state index contributed by atoms with van der Waals surface area (Å²) in [5.41, 5.74) is 2.14. The molecule has 7 nitrogen and oxygen atoms in total. The number of halogens is 1. The molecule has 2 aromatic rings. The fourth-order valence-electron chi connectivity index (χ4n) is 4.63. The van der Waals surface area contributed by atoms with Gasteiger partial charge in [0.05, 0.1) is 17.6 Å². The molecule has 0 N–H and O–H groups in total. The minimum atomic E-state index is 0.0975. The molecule has 3 aliphatic rings. The van der Waals surface area contributed by atoms with Crippen LogP contribution in [0.25, 0.3) is 0 Å². The Morgan fingerprint density at radius 2 is 1.96 bits per heavy atom. The van der Waals surface area contributed by atoms with Crippen molar-refractivity contribution in [2.24, 2.45) is 5.41 Å². The fraction of sp³-hybridized carbons (Fsp3) is 0.450. The second-order valence-electron chi connectivity index (χ2n) is 8.08. The lowest BCUT2D eigenvalue weighted by Crippen LogP contribution is -2.63. The molecular formula is C20H23ClN6O. The molecule has 5 rings (SSSR count). The van der Waals surface area contributed by atoms with E-state index in [1.54, 1.807) is 12.4 Å². The van der Waals surface area contributed by atoms with Crippen molar-refractivity contribution in [1.82, 2.24) is 14.9 Å². The molecule has 146 valence electrons. The van der Waals surface area contributed by atoms with Gasteiger partial charge < -0.3 is 14.7 Å². The second-order valence-corrected chi connectivity index (χ2v) is 8.52. The van der Waals surface area contributed by atoms with Gasteiger partial charge >= 0.3 is 6.03 Å². The SMILES string of the molecule is CN1CCN(C(=O)N2CC3(CCN(c4cnccn4)C3)C2)c2ccc(Cl)cc21. The maximum Gasteiger partial charge on any atom is 0.324 e. The van der Waals surface area contributed by atoms with Crippen LogP contribution in [0.15, 0.2) is 36.8 Å². The summed E-state index contributed by atoms with van der Waals surface area (Å²) in [7, 11) is 2.04. The molecule has 3 aliphatic heterocycles. The van der Waals surface area contributed by atoms with Crippen LogP contribution in [0.1, 0.15) is 6.42 Å². The van der Waals surface area contributed by atoms with Gasteiger partial charge in [-0.3, -0.25) is 9.88 Å². The van der Waals surface area contributed by atoms with Crippen LogP contribution in [0.3, 0.4) is 0 Å². The Morgan fingerprint density at radius 3 is 2.75 bits per heavy atom. The molecule has 0 unspecified atom stereocenters. The van der Waals surface area contributed by atoms with Gasteiger partial charge in [0, 0.05) is 69.1 Å². The maximum absolute atomic E-state index is 13.2. The lowest BCUT2D eigenvalue weighted by Gasteiger charge is -2.50. The van der Waals surface area contributed by atoms with E-state index in [9.17, 15) is 4.79 Å². The zero-order chi connectivity index (χ0) is 19.3. The van der Waals surface area contributed by atoms with E-state index >= 15 is 0 Å². The number of likely N-dealkylation sites (tertiary alicyclic amines) is 1. The Balaban J connectivity index is 1.27. The number of amides is 2. The topological polar surface area (TPSA) is 55.8 Å². The van der Waals surface area contributed by atoms with E-state index in [4.69, 9.17) is 11.6 Å². The Hall–Kier alpha value is -2.54. The number of carbonyl (C=O) groups is 1. The first kappa shape index (κ1) is 17.6. The molecule has 2 fully saturated rings. The van der Waals surface area contributed by atoms with E-state index in [0.29, 0.717) is 11.6 Å². The van der Waals surface area contributed by atoms with E-state index < -0.39 is 0 Å². The number of nitrogens with zero attached hydrogens (tertiary/aromatic N) is 6. The number of fused-ring (bicyclic) bond motifs is 1. The third-order valence-corrected chi connectivity index (χ3v) is 6.40. The van der Waals surface area contributed by atoms with E-state index in [1.807, 2.05) is 41.2 Å². The quantitative estimate of drug-likeness (QED) is 0.739. The maximum atomic E-state index is 13.2. The molecule has 0 saturated carbocycles. The second kappa shape index (κ2) is 6.51. The number of aromatic nitrogens is 2. The Kier molecular flexibility index (Phi) is 4.08. The van der Waals surface area contributed by atoms with Crippen LogP contribution in [-0.4, -0.2) is 67.2 Å². The average Bonchev–Trinajstić information content (AvgIpc) is 3.14. The number of carbonyl (C=O) groups excluding carboxylic acids is 1. The van der Waals surface area contributed by atoms with Gasteiger partial charge in [-0.15, -0.1) is 0 Å². The van der Waals surface area contributed by atoms with Gasteiger partial charge in [0.1, 0.15) is 5.82 Å². The van der Waals surface area contributed by atoms with E-state index in [1.165, 1.54) is 0 Å². The van der Waals surface area contributed by atoms with Crippen molar-refractivity contribution in [3.8, 4) is 0 Å². The third-order valence-electron chi connectivity index (χ3n) is 6.16. The lowest BCUT2D eigenvalue weighted by molar-refractivity contribution is 0.0524. The zero-order valence-electron chi connectivity index (χ0n) is 15.9. The molecule has 2 saturated heterocycles. The van der Waals surface area contributed by atoms with E-state index in [-0.39, 0.29) is 11.4 Å². The van der Waals surface area contributed by atoms with Crippen LogP contribution in [0.4, 0.5) is 22.0 Å². The van der Waals surface area contributed by atoms with Crippen molar-refractivity contribution in [1.29, 1.82) is 0 Å². The number of likely N-dealkylation sites (N-methyl/N-ethyl adjacent to an activating group) is 1. The number of hydrogen-bond donors (Lipinski definition) is 0. The van der Waals surface area contributed by atoms with Gasteiger partial charge in [0.25, 0.3) is 0 Å². The lowest BCUT2D eigenvalue weighted by atomic mass is 9.79. The number of hydrogen-bond acceptors (Lipinski definition) is 5. The van der Waals surface area contributed by atoms with Crippen molar-refractivity contribution in [3.05, 3.63) is 41.8 Å². The number of anilines is 3. The minimum absolute atomic E-state index is 0.0975. The van der Waals surface area contributed by atoms with Crippen LogP contribution in [0.2, 0.25) is 5.02 Å². The summed E-state index contributed by atoms with van der Waals surface area (Å²) in [6.07, 6.45) is 6.32. The highest BCUT2D eigenvalue weighted by molar-refractivity contribution is 6.31. The van der Waals surface area contributed by atoms with Crippen molar-refractivity contribution in [2.75, 3.05) is 61.0 Å². The van der Waals surface area contributed by atoms with Gasteiger partial charge in [0.15, 0.2) is 0 Å². The molecule has 1 spiro atoms. The molecule has 0 bridgehead atoms. The van der Waals surface area contributed by atoms with E-state index in [0.717, 1.165) is 56.3 Å². The van der Waals surface area contributed by atoms with Crippen LogP contribution >= 0.6 is 11.6 Å². The largest absolute Gasteiger partial charge is 0.371 e. The van der Waals surface area contributed by atoms with Crippen molar-refractivity contribution >= 4 is 34.8 Å². The molecule has 8 heteroatoms.